The van der Waals surface area contributed by atoms with Crippen LogP contribution in [-0.2, 0) is 20.8 Å². The van der Waals surface area contributed by atoms with Crippen LogP contribution < -0.4 is 10.2 Å². The van der Waals surface area contributed by atoms with Gasteiger partial charge in [-0.1, -0.05) is 6.07 Å². The molecule has 1 aromatic heterocycles. The molecule has 0 aromatic carbocycles. The fraction of sp³-hybridized carbons (Fsp3) is 0.696. The Balaban J connectivity index is 1.74. The number of amides is 2. The highest BCUT2D eigenvalue weighted by Crippen LogP contribution is 2.34. The first kappa shape index (κ1) is 23.3. The van der Waals surface area contributed by atoms with E-state index < -0.39 is 29.6 Å². The van der Waals surface area contributed by atoms with Crippen molar-refractivity contribution in [3.05, 3.63) is 23.9 Å². The molecule has 2 aliphatic heterocycles. The van der Waals surface area contributed by atoms with Crippen molar-refractivity contribution in [3.63, 3.8) is 0 Å². The van der Waals surface area contributed by atoms with Crippen molar-refractivity contribution in [2.75, 3.05) is 18.0 Å². The first-order valence-electron chi connectivity index (χ1n) is 11.2. The van der Waals surface area contributed by atoms with E-state index >= 15 is 0 Å². The fourth-order valence-corrected chi connectivity index (χ4v) is 4.34. The van der Waals surface area contributed by atoms with Crippen LogP contribution in [0.1, 0.15) is 66.4 Å². The van der Waals surface area contributed by atoms with Crippen LogP contribution in [0.4, 0.5) is 10.6 Å². The van der Waals surface area contributed by atoms with E-state index in [9.17, 15) is 9.59 Å². The van der Waals surface area contributed by atoms with Gasteiger partial charge in [-0.15, -0.1) is 0 Å². The van der Waals surface area contributed by atoms with Crippen molar-refractivity contribution >= 4 is 17.8 Å². The Hall–Kier alpha value is -2.35. The molecular weight excluding hydrogens is 396 g/mol. The molecule has 172 valence electrons. The Kier molecular flexibility index (Phi) is 6.79. The average Bonchev–Trinajstić information content (AvgIpc) is 2.94. The molecule has 0 unspecified atom stereocenters. The van der Waals surface area contributed by atoms with Gasteiger partial charge in [0.05, 0.1) is 6.10 Å². The molecule has 3 rings (SSSR count). The lowest BCUT2D eigenvalue weighted by molar-refractivity contribution is -0.127. The zero-order valence-corrected chi connectivity index (χ0v) is 19.6. The molecule has 2 amide bonds. The second-order valence-corrected chi connectivity index (χ2v) is 9.82. The molecule has 1 N–H and O–H groups in total. The quantitative estimate of drug-likeness (QED) is 0.785. The lowest BCUT2D eigenvalue weighted by Crippen LogP contribution is -2.55. The van der Waals surface area contributed by atoms with Crippen LogP contribution in [0.2, 0.25) is 0 Å². The number of rotatable bonds is 4. The molecule has 0 bridgehead atoms. The highest BCUT2D eigenvalue weighted by Gasteiger charge is 2.52. The minimum atomic E-state index is -0.947. The van der Waals surface area contributed by atoms with E-state index in [-0.39, 0.29) is 5.91 Å². The van der Waals surface area contributed by atoms with Crippen molar-refractivity contribution in [2.45, 2.75) is 90.8 Å². The molecule has 1 aromatic rings. The van der Waals surface area contributed by atoms with Crippen LogP contribution in [0.3, 0.4) is 0 Å². The van der Waals surface area contributed by atoms with E-state index in [1.54, 1.807) is 47.7 Å². The highest BCUT2D eigenvalue weighted by molar-refractivity contribution is 5.87. The molecule has 8 heteroatoms. The van der Waals surface area contributed by atoms with Gasteiger partial charge >= 0.3 is 6.09 Å². The summed E-state index contributed by atoms with van der Waals surface area (Å²) in [6, 6.07) is 3.09. The number of aromatic nitrogens is 1. The van der Waals surface area contributed by atoms with Crippen molar-refractivity contribution in [1.29, 1.82) is 0 Å². The standard InChI is InChI=1S/C23H36N4O4/c1-16-18(27(23(5,6)30-16)21(29)31-22(2,3)4)20(28)25-15-17-11-10-12-24-19(17)26-13-8-7-9-14-26/h10-12,16,18H,7-9,13-15H2,1-6H3,(H,25,28)/t16-,18-/m0/s1. The maximum absolute atomic E-state index is 13.2. The van der Waals surface area contributed by atoms with Gasteiger partial charge in [-0.05, 0) is 66.9 Å². The molecule has 0 saturated carbocycles. The van der Waals surface area contributed by atoms with E-state index in [2.05, 4.69) is 15.2 Å². The zero-order chi connectivity index (χ0) is 22.8. The Morgan fingerprint density at radius 3 is 2.58 bits per heavy atom. The molecule has 8 nitrogen and oxygen atoms in total. The van der Waals surface area contributed by atoms with Crippen molar-refractivity contribution in [1.82, 2.24) is 15.2 Å². The van der Waals surface area contributed by atoms with Crippen LogP contribution in [-0.4, -0.2) is 58.4 Å². The zero-order valence-electron chi connectivity index (χ0n) is 19.6. The minimum absolute atomic E-state index is 0.266. The summed E-state index contributed by atoms with van der Waals surface area (Å²) in [5, 5.41) is 3.00. The summed E-state index contributed by atoms with van der Waals surface area (Å²) in [6.45, 7) is 13.1. The van der Waals surface area contributed by atoms with Crippen LogP contribution in [0, 0.1) is 0 Å². The first-order chi connectivity index (χ1) is 14.5. The molecule has 3 heterocycles. The maximum Gasteiger partial charge on any atom is 0.413 e. The van der Waals surface area contributed by atoms with E-state index in [4.69, 9.17) is 9.47 Å². The summed E-state index contributed by atoms with van der Waals surface area (Å²) in [7, 11) is 0. The van der Waals surface area contributed by atoms with E-state index in [0.29, 0.717) is 6.54 Å². The number of hydrogen-bond acceptors (Lipinski definition) is 6. The van der Waals surface area contributed by atoms with Crippen LogP contribution in [0.15, 0.2) is 18.3 Å². The second-order valence-electron chi connectivity index (χ2n) is 9.82. The Labute approximate surface area is 185 Å². The van der Waals surface area contributed by atoms with Gasteiger partial charge in [-0.25, -0.2) is 9.78 Å². The molecule has 2 aliphatic rings. The lowest BCUT2D eigenvalue weighted by Gasteiger charge is -2.34. The Morgan fingerprint density at radius 2 is 1.94 bits per heavy atom. The van der Waals surface area contributed by atoms with Gasteiger partial charge in [0.25, 0.3) is 0 Å². The second kappa shape index (κ2) is 9.02. The summed E-state index contributed by atoms with van der Waals surface area (Å²) < 4.78 is 11.5. The molecule has 0 aliphatic carbocycles. The van der Waals surface area contributed by atoms with E-state index in [1.807, 2.05) is 12.1 Å². The third-order valence-corrected chi connectivity index (χ3v) is 5.61. The number of pyridine rings is 1. The predicted octanol–water partition coefficient (Wildman–Crippen LogP) is 3.45. The van der Waals surface area contributed by atoms with Gasteiger partial charge in [0.1, 0.15) is 23.2 Å². The van der Waals surface area contributed by atoms with Crippen LogP contribution >= 0.6 is 0 Å². The van der Waals surface area contributed by atoms with Gasteiger partial charge in [-0.2, -0.15) is 0 Å². The number of anilines is 1. The van der Waals surface area contributed by atoms with Gasteiger partial charge in [0.2, 0.25) is 5.91 Å². The average molecular weight is 433 g/mol. The van der Waals surface area contributed by atoms with E-state index in [1.165, 1.54) is 11.3 Å². The normalized spacial score (nSPS) is 23.5. The van der Waals surface area contributed by atoms with Gasteiger partial charge in [0, 0.05) is 31.4 Å². The van der Waals surface area contributed by atoms with Crippen molar-refractivity contribution < 1.29 is 19.1 Å². The number of nitrogens with zero attached hydrogens (tertiary/aromatic N) is 3. The number of piperidine rings is 1. The molecule has 0 radical (unpaired) electrons. The summed E-state index contributed by atoms with van der Waals surface area (Å²) in [6.07, 6.45) is 4.31. The number of nitrogens with one attached hydrogen (secondary N) is 1. The lowest BCUT2D eigenvalue weighted by atomic mass is 10.1. The molecular formula is C23H36N4O4. The molecule has 2 fully saturated rings. The third-order valence-electron chi connectivity index (χ3n) is 5.61. The Bertz CT molecular complexity index is 799. The predicted molar refractivity (Wildman–Crippen MR) is 119 cm³/mol. The largest absolute Gasteiger partial charge is 0.444 e. The monoisotopic (exact) mass is 432 g/mol. The molecule has 31 heavy (non-hydrogen) atoms. The number of carbonyl (C=O) groups excluding carboxylic acids is 2. The van der Waals surface area contributed by atoms with Crippen molar-refractivity contribution in [3.8, 4) is 0 Å². The summed E-state index contributed by atoms with van der Waals surface area (Å²) in [5.74, 6) is 0.653. The van der Waals surface area contributed by atoms with E-state index in [0.717, 1.165) is 37.3 Å². The minimum Gasteiger partial charge on any atom is -0.444 e. The topological polar surface area (TPSA) is 84.0 Å². The Morgan fingerprint density at radius 1 is 1.26 bits per heavy atom. The summed E-state index contributed by atoms with van der Waals surface area (Å²) in [5.41, 5.74) is -0.650. The first-order valence-corrected chi connectivity index (χ1v) is 11.2. The smallest absolute Gasteiger partial charge is 0.413 e. The van der Waals surface area contributed by atoms with Gasteiger partial charge in [0.15, 0.2) is 0 Å². The van der Waals surface area contributed by atoms with Gasteiger partial charge in [-0.3, -0.25) is 9.69 Å². The van der Waals surface area contributed by atoms with Crippen molar-refractivity contribution in [2.24, 2.45) is 0 Å². The fourth-order valence-electron chi connectivity index (χ4n) is 4.34. The molecule has 2 atom stereocenters. The van der Waals surface area contributed by atoms with Gasteiger partial charge < -0.3 is 19.7 Å². The summed E-state index contributed by atoms with van der Waals surface area (Å²) in [4.78, 5) is 34.4. The SMILES string of the molecule is C[C@@H]1OC(C)(C)N(C(=O)OC(C)(C)C)[C@@H]1C(=O)NCc1cccnc1N1CCCCC1. The number of hydrogen-bond donors (Lipinski definition) is 1. The number of ether oxygens (including phenoxy) is 2. The molecule has 0 spiro atoms. The highest BCUT2D eigenvalue weighted by atomic mass is 16.6. The molecule has 2 saturated heterocycles. The maximum atomic E-state index is 13.2. The summed E-state index contributed by atoms with van der Waals surface area (Å²) >= 11 is 0. The van der Waals surface area contributed by atoms with Crippen LogP contribution in [0.5, 0.6) is 0 Å². The van der Waals surface area contributed by atoms with Crippen LogP contribution in [0.25, 0.3) is 0 Å². The number of carbonyl (C=O) groups is 2. The third kappa shape index (κ3) is 5.47.